The third kappa shape index (κ3) is 9.50. The van der Waals surface area contributed by atoms with Crippen LogP contribution in [0.1, 0.15) is 12.8 Å². The number of methoxy groups -OCH3 is 1. The number of amides is 4. The van der Waals surface area contributed by atoms with Crippen molar-refractivity contribution in [3.8, 4) is 0 Å². The van der Waals surface area contributed by atoms with E-state index >= 15 is 0 Å². The summed E-state index contributed by atoms with van der Waals surface area (Å²) in [4.78, 5) is 35.1. The predicted octanol–water partition coefficient (Wildman–Crippen LogP) is -0.563. The molecule has 1 unspecified atom stereocenters. The maximum Gasteiger partial charge on any atom is 0.326 e. The van der Waals surface area contributed by atoms with E-state index in [0.717, 1.165) is 0 Å². The summed E-state index contributed by atoms with van der Waals surface area (Å²) in [7, 11) is 4.73. The van der Waals surface area contributed by atoms with E-state index < -0.39 is 18.0 Å². The summed E-state index contributed by atoms with van der Waals surface area (Å²) in [6.45, 7) is 0.894. The van der Waals surface area contributed by atoms with Crippen molar-refractivity contribution in [3.05, 3.63) is 0 Å². The average molecular weight is 304 g/mol. The monoisotopic (exact) mass is 304 g/mol. The molecule has 0 saturated carbocycles. The van der Waals surface area contributed by atoms with Crippen LogP contribution in [0.4, 0.5) is 9.59 Å². The quantitative estimate of drug-likeness (QED) is 0.425. The molecule has 0 spiro atoms. The molecule has 9 nitrogen and oxygen atoms in total. The van der Waals surface area contributed by atoms with Crippen molar-refractivity contribution < 1.29 is 24.2 Å². The van der Waals surface area contributed by atoms with Gasteiger partial charge < -0.3 is 30.7 Å². The second kappa shape index (κ2) is 10.7. The molecule has 0 aromatic rings. The lowest BCUT2D eigenvalue weighted by atomic mass is 10.1. The van der Waals surface area contributed by atoms with Gasteiger partial charge in [0.05, 0.1) is 0 Å². The van der Waals surface area contributed by atoms with Crippen LogP contribution < -0.4 is 16.0 Å². The van der Waals surface area contributed by atoms with Crippen LogP contribution in [0.3, 0.4) is 0 Å². The number of carboxylic acids is 1. The first-order valence-corrected chi connectivity index (χ1v) is 6.59. The number of hydrogen-bond donors (Lipinski definition) is 4. The molecule has 0 radical (unpaired) electrons. The average Bonchev–Trinajstić information content (AvgIpc) is 2.42. The van der Waals surface area contributed by atoms with E-state index in [9.17, 15) is 14.4 Å². The fraction of sp³-hybridized carbons (Fsp3) is 0.750. The second-order valence-corrected chi connectivity index (χ2v) is 4.55. The predicted molar refractivity (Wildman–Crippen MR) is 76.2 cm³/mol. The minimum absolute atomic E-state index is 0.204. The van der Waals surface area contributed by atoms with Gasteiger partial charge in [-0.05, 0) is 12.8 Å². The molecule has 4 amide bonds. The highest BCUT2D eigenvalue weighted by Gasteiger charge is 2.19. The van der Waals surface area contributed by atoms with Crippen molar-refractivity contribution in [1.82, 2.24) is 20.9 Å². The molecule has 0 aliphatic heterocycles. The number of aliphatic carboxylic acids is 1. The number of nitrogens with zero attached hydrogens (tertiary/aromatic N) is 1. The Morgan fingerprint density at radius 2 is 1.81 bits per heavy atom. The molecule has 0 fully saturated rings. The zero-order valence-corrected chi connectivity index (χ0v) is 12.6. The van der Waals surface area contributed by atoms with Gasteiger partial charge >= 0.3 is 18.0 Å². The van der Waals surface area contributed by atoms with Crippen LogP contribution in [0.5, 0.6) is 0 Å². The zero-order chi connectivity index (χ0) is 16.3. The summed E-state index contributed by atoms with van der Waals surface area (Å²) >= 11 is 0. The van der Waals surface area contributed by atoms with Crippen molar-refractivity contribution >= 4 is 18.0 Å². The largest absolute Gasteiger partial charge is 0.480 e. The Balaban J connectivity index is 3.93. The number of carboxylic acid groups (broad SMARTS) is 1. The molecule has 4 N–H and O–H groups in total. The van der Waals surface area contributed by atoms with Crippen LogP contribution in [-0.2, 0) is 9.53 Å². The first kappa shape index (κ1) is 19.0. The lowest BCUT2D eigenvalue weighted by Crippen LogP contribution is -2.48. The molecule has 0 rings (SSSR count). The van der Waals surface area contributed by atoms with Crippen molar-refractivity contribution in [3.63, 3.8) is 0 Å². The highest BCUT2D eigenvalue weighted by molar-refractivity contribution is 5.82. The molecule has 0 bridgehead atoms. The molecule has 122 valence electrons. The molecule has 0 aliphatic rings. The van der Waals surface area contributed by atoms with Crippen LogP contribution in [0, 0.1) is 0 Å². The summed E-state index contributed by atoms with van der Waals surface area (Å²) in [6.07, 6.45) is 0.820. The number of carbonyl (C=O) groups excluding carboxylic acids is 2. The summed E-state index contributed by atoms with van der Waals surface area (Å²) < 4.78 is 4.83. The van der Waals surface area contributed by atoms with Gasteiger partial charge in [0.1, 0.15) is 6.04 Å². The van der Waals surface area contributed by atoms with Gasteiger partial charge in [-0.3, -0.25) is 0 Å². The Morgan fingerprint density at radius 1 is 1.19 bits per heavy atom. The van der Waals surface area contributed by atoms with Crippen molar-refractivity contribution in [2.45, 2.75) is 18.9 Å². The third-order valence-electron chi connectivity index (χ3n) is 2.54. The maximum absolute atomic E-state index is 11.5. The number of nitrogens with one attached hydrogen (secondary N) is 3. The third-order valence-corrected chi connectivity index (χ3v) is 2.54. The van der Waals surface area contributed by atoms with Gasteiger partial charge in [-0.1, -0.05) is 0 Å². The first-order chi connectivity index (χ1) is 9.88. The zero-order valence-electron chi connectivity index (χ0n) is 12.6. The Bertz CT molecular complexity index is 349. The van der Waals surface area contributed by atoms with Crippen molar-refractivity contribution in [1.29, 1.82) is 0 Å². The summed E-state index contributed by atoms with van der Waals surface area (Å²) in [5.41, 5.74) is 0. The number of urea groups is 2. The summed E-state index contributed by atoms with van der Waals surface area (Å²) in [5, 5.41) is 16.4. The highest BCUT2D eigenvalue weighted by atomic mass is 16.5. The van der Waals surface area contributed by atoms with E-state index in [0.29, 0.717) is 13.0 Å². The molecule has 9 heteroatoms. The van der Waals surface area contributed by atoms with E-state index in [2.05, 4.69) is 16.0 Å². The van der Waals surface area contributed by atoms with Gasteiger partial charge in [-0.15, -0.1) is 0 Å². The van der Waals surface area contributed by atoms with Crippen LogP contribution in [0.15, 0.2) is 0 Å². The van der Waals surface area contributed by atoms with E-state index in [4.69, 9.17) is 9.84 Å². The van der Waals surface area contributed by atoms with Crippen LogP contribution >= 0.6 is 0 Å². The molecular weight excluding hydrogens is 280 g/mol. The summed E-state index contributed by atoms with van der Waals surface area (Å²) in [5.74, 6) is -1.10. The standard InChI is InChI=1S/C12H24N4O5/c1-16(2)12(20)14-7-6-13-11(19)15-9(10(17)18)5-4-8-21-3/h9H,4-8H2,1-3H3,(H,14,20)(H,17,18)(H2,13,15,19). The minimum atomic E-state index is -1.10. The van der Waals surface area contributed by atoms with E-state index in [1.165, 1.54) is 12.0 Å². The Morgan fingerprint density at radius 3 is 2.33 bits per heavy atom. The van der Waals surface area contributed by atoms with Gasteiger partial charge in [0.15, 0.2) is 0 Å². The lowest BCUT2D eigenvalue weighted by molar-refractivity contribution is -0.139. The van der Waals surface area contributed by atoms with Crippen LogP contribution in [-0.4, -0.2) is 75.0 Å². The molecule has 0 heterocycles. The van der Waals surface area contributed by atoms with E-state index in [1.54, 1.807) is 14.1 Å². The SMILES string of the molecule is COCCCC(NC(=O)NCCNC(=O)N(C)C)C(=O)O. The molecule has 0 saturated heterocycles. The number of carbonyl (C=O) groups is 3. The number of hydrogen-bond acceptors (Lipinski definition) is 4. The van der Waals surface area contributed by atoms with Gasteiger partial charge in [-0.2, -0.15) is 0 Å². The van der Waals surface area contributed by atoms with Crippen LogP contribution in [0.2, 0.25) is 0 Å². The van der Waals surface area contributed by atoms with Crippen molar-refractivity contribution in [2.75, 3.05) is 40.9 Å². The minimum Gasteiger partial charge on any atom is -0.480 e. The molecule has 0 aromatic carbocycles. The number of rotatable bonds is 9. The Labute approximate surface area is 124 Å². The van der Waals surface area contributed by atoms with Gasteiger partial charge in [0, 0.05) is 40.9 Å². The fourth-order valence-electron chi connectivity index (χ4n) is 1.40. The molecular formula is C12H24N4O5. The first-order valence-electron chi connectivity index (χ1n) is 6.59. The second-order valence-electron chi connectivity index (χ2n) is 4.55. The van der Waals surface area contributed by atoms with Crippen LogP contribution in [0.25, 0.3) is 0 Å². The molecule has 1 atom stereocenters. The summed E-state index contributed by atoms with van der Waals surface area (Å²) in [6, 6.07) is -1.81. The smallest absolute Gasteiger partial charge is 0.326 e. The van der Waals surface area contributed by atoms with E-state index in [-0.39, 0.29) is 25.5 Å². The van der Waals surface area contributed by atoms with E-state index in [1.807, 2.05) is 0 Å². The lowest BCUT2D eigenvalue weighted by Gasteiger charge is -2.15. The topological polar surface area (TPSA) is 120 Å². The molecule has 21 heavy (non-hydrogen) atoms. The van der Waals surface area contributed by atoms with Gasteiger partial charge in [-0.25, -0.2) is 14.4 Å². The Hall–Kier alpha value is -2.03. The molecule has 0 aromatic heterocycles. The highest BCUT2D eigenvalue weighted by Crippen LogP contribution is 1.98. The van der Waals surface area contributed by atoms with Gasteiger partial charge in [0.25, 0.3) is 0 Å². The fourth-order valence-corrected chi connectivity index (χ4v) is 1.40. The van der Waals surface area contributed by atoms with Crippen molar-refractivity contribution in [2.24, 2.45) is 0 Å². The molecule has 0 aliphatic carbocycles. The Kier molecular flexibility index (Phi) is 9.69. The maximum atomic E-state index is 11.5. The number of ether oxygens (including phenoxy) is 1. The van der Waals surface area contributed by atoms with Gasteiger partial charge in [0.2, 0.25) is 0 Å². The normalized spacial score (nSPS) is 11.4.